The average molecular weight is 183 g/mol. The molecule has 2 rings (SSSR count). The lowest BCUT2D eigenvalue weighted by Crippen LogP contribution is -2.44. The summed E-state index contributed by atoms with van der Waals surface area (Å²) in [6.07, 6.45) is 5.42. The number of likely N-dealkylation sites (tertiary alicyclic amines) is 1. The van der Waals surface area contributed by atoms with Crippen molar-refractivity contribution in [1.82, 2.24) is 4.90 Å². The molecule has 2 aliphatic rings. The van der Waals surface area contributed by atoms with Crippen LogP contribution in [0.2, 0.25) is 0 Å². The smallest absolute Gasteiger partial charge is 0.0523 e. The van der Waals surface area contributed by atoms with Crippen molar-refractivity contribution in [3.8, 4) is 0 Å². The first-order chi connectivity index (χ1) is 6.35. The molecule has 2 heteroatoms. The molecule has 2 saturated heterocycles. The summed E-state index contributed by atoms with van der Waals surface area (Å²) in [6.45, 7) is 8.09. The molecule has 2 aliphatic heterocycles. The van der Waals surface area contributed by atoms with Crippen LogP contribution in [0, 0.1) is 5.41 Å². The number of nitrogens with zero attached hydrogens (tertiary/aromatic N) is 1. The molecule has 0 amide bonds. The van der Waals surface area contributed by atoms with Crippen molar-refractivity contribution in [2.75, 3.05) is 32.8 Å². The van der Waals surface area contributed by atoms with Gasteiger partial charge < -0.3 is 9.64 Å². The van der Waals surface area contributed by atoms with Crippen molar-refractivity contribution in [2.24, 2.45) is 5.41 Å². The SMILES string of the molecule is CCN1CCC2(CCCOC2)CC1. The van der Waals surface area contributed by atoms with E-state index in [2.05, 4.69) is 11.8 Å². The molecule has 0 atom stereocenters. The molecule has 0 aromatic rings. The molecule has 0 saturated carbocycles. The van der Waals surface area contributed by atoms with Gasteiger partial charge in [-0.15, -0.1) is 0 Å². The average Bonchev–Trinajstić information content (AvgIpc) is 2.20. The molecule has 76 valence electrons. The first-order valence-electron chi connectivity index (χ1n) is 5.65. The lowest BCUT2D eigenvalue weighted by Gasteiger charge is -2.43. The molecule has 13 heavy (non-hydrogen) atoms. The number of ether oxygens (including phenoxy) is 1. The molecule has 1 spiro atoms. The number of piperidine rings is 1. The summed E-state index contributed by atoms with van der Waals surface area (Å²) in [5.41, 5.74) is 0.573. The van der Waals surface area contributed by atoms with Crippen LogP contribution in [0.5, 0.6) is 0 Å². The fraction of sp³-hybridized carbons (Fsp3) is 1.00. The Hall–Kier alpha value is -0.0800. The van der Waals surface area contributed by atoms with E-state index in [1.54, 1.807) is 0 Å². The van der Waals surface area contributed by atoms with E-state index in [4.69, 9.17) is 4.74 Å². The molecule has 0 aliphatic carbocycles. The van der Waals surface area contributed by atoms with Crippen LogP contribution in [0.25, 0.3) is 0 Å². The van der Waals surface area contributed by atoms with Gasteiger partial charge in [-0.3, -0.25) is 0 Å². The zero-order valence-electron chi connectivity index (χ0n) is 8.72. The van der Waals surface area contributed by atoms with Crippen LogP contribution in [0.3, 0.4) is 0 Å². The predicted molar refractivity (Wildman–Crippen MR) is 53.8 cm³/mol. The molecule has 0 unspecified atom stereocenters. The normalized spacial score (nSPS) is 29.3. The highest BCUT2D eigenvalue weighted by Crippen LogP contribution is 2.38. The molecule has 2 nitrogen and oxygen atoms in total. The lowest BCUT2D eigenvalue weighted by atomic mass is 9.74. The summed E-state index contributed by atoms with van der Waals surface area (Å²) in [7, 11) is 0. The van der Waals surface area contributed by atoms with Gasteiger partial charge in [0.15, 0.2) is 0 Å². The zero-order chi connectivity index (χ0) is 9.15. The van der Waals surface area contributed by atoms with E-state index >= 15 is 0 Å². The van der Waals surface area contributed by atoms with Crippen LogP contribution >= 0.6 is 0 Å². The molecular formula is C11H21NO. The van der Waals surface area contributed by atoms with E-state index in [0.29, 0.717) is 5.41 Å². The highest BCUT2D eigenvalue weighted by atomic mass is 16.5. The molecule has 0 radical (unpaired) electrons. The molecule has 0 aromatic carbocycles. The third-order valence-electron chi connectivity index (χ3n) is 3.77. The van der Waals surface area contributed by atoms with Crippen LogP contribution in [-0.2, 0) is 4.74 Å². The van der Waals surface area contributed by atoms with Crippen LogP contribution in [0.4, 0.5) is 0 Å². The van der Waals surface area contributed by atoms with E-state index in [1.807, 2.05) is 0 Å². The molecule has 2 fully saturated rings. The summed E-state index contributed by atoms with van der Waals surface area (Å²) in [5, 5.41) is 0. The lowest BCUT2D eigenvalue weighted by molar-refractivity contribution is -0.0417. The minimum absolute atomic E-state index is 0.573. The Balaban J connectivity index is 1.87. The van der Waals surface area contributed by atoms with E-state index in [-0.39, 0.29) is 0 Å². The fourth-order valence-electron chi connectivity index (χ4n) is 2.65. The van der Waals surface area contributed by atoms with Crippen molar-refractivity contribution < 1.29 is 4.74 Å². The third-order valence-corrected chi connectivity index (χ3v) is 3.77. The van der Waals surface area contributed by atoms with E-state index < -0.39 is 0 Å². The van der Waals surface area contributed by atoms with E-state index in [9.17, 15) is 0 Å². The van der Waals surface area contributed by atoms with Crippen molar-refractivity contribution in [3.63, 3.8) is 0 Å². The summed E-state index contributed by atoms with van der Waals surface area (Å²) < 4.78 is 5.61. The highest BCUT2D eigenvalue weighted by molar-refractivity contribution is 4.87. The van der Waals surface area contributed by atoms with Gasteiger partial charge in [0.1, 0.15) is 0 Å². The fourth-order valence-corrected chi connectivity index (χ4v) is 2.65. The van der Waals surface area contributed by atoms with Crippen molar-refractivity contribution in [2.45, 2.75) is 32.6 Å². The van der Waals surface area contributed by atoms with Gasteiger partial charge in [0, 0.05) is 6.61 Å². The Kier molecular flexibility index (Phi) is 2.89. The maximum Gasteiger partial charge on any atom is 0.0523 e. The van der Waals surface area contributed by atoms with E-state index in [0.717, 1.165) is 13.2 Å². The summed E-state index contributed by atoms with van der Waals surface area (Å²) in [6, 6.07) is 0. The highest BCUT2D eigenvalue weighted by Gasteiger charge is 2.35. The number of rotatable bonds is 1. The Labute approximate surface area is 81.3 Å². The second-order valence-corrected chi connectivity index (χ2v) is 4.59. The van der Waals surface area contributed by atoms with Gasteiger partial charge in [0.2, 0.25) is 0 Å². The van der Waals surface area contributed by atoms with Gasteiger partial charge in [-0.05, 0) is 50.7 Å². The van der Waals surface area contributed by atoms with Crippen LogP contribution in [0.1, 0.15) is 32.6 Å². The minimum Gasteiger partial charge on any atom is -0.381 e. The van der Waals surface area contributed by atoms with Gasteiger partial charge in [0.25, 0.3) is 0 Å². The summed E-state index contributed by atoms with van der Waals surface area (Å²) >= 11 is 0. The van der Waals surface area contributed by atoms with Crippen LogP contribution < -0.4 is 0 Å². The molecule has 0 N–H and O–H groups in total. The summed E-state index contributed by atoms with van der Waals surface area (Å²) in [5.74, 6) is 0. The molecule has 0 aromatic heterocycles. The second kappa shape index (κ2) is 3.97. The molecular weight excluding hydrogens is 162 g/mol. The predicted octanol–water partition coefficient (Wildman–Crippen LogP) is 1.90. The third kappa shape index (κ3) is 2.05. The first kappa shape index (κ1) is 9.47. The van der Waals surface area contributed by atoms with Gasteiger partial charge in [-0.1, -0.05) is 6.92 Å². The maximum absolute atomic E-state index is 5.61. The molecule has 0 bridgehead atoms. The van der Waals surface area contributed by atoms with Crippen molar-refractivity contribution >= 4 is 0 Å². The maximum atomic E-state index is 5.61. The Morgan fingerprint density at radius 2 is 2.00 bits per heavy atom. The van der Waals surface area contributed by atoms with Crippen LogP contribution in [0.15, 0.2) is 0 Å². The number of hydrogen-bond acceptors (Lipinski definition) is 2. The second-order valence-electron chi connectivity index (χ2n) is 4.59. The number of hydrogen-bond donors (Lipinski definition) is 0. The minimum atomic E-state index is 0.573. The largest absolute Gasteiger partial charge is 0.381 e. The van der Waals surface area contributed by atoms with Crippen molar-refractivity contribution in [3.05, 3.63) is 0 Å². The Morgan fingerprint density at radius 1 is 1.23 bits per heavy atom. The van der Waals surface area contributed by atoms with Crippen molar-refractivity contribution in [1.29, 1.82) is 0 Å². The van der Waals surface area contributed by atoms with Gasteiger partial charge in [0.05, 0.1) is 6.61 Å². The standard InChI is InChI=1S/C11H21NO/c1-2-12-7-5-11(6-8-12)4-3-9-13-10-11/h2-10H2,1H3. The first-order valence-corrected chi connectivity index (χ1v) is 5.65. The molecule has 2 heterocycles. The zero-order valence-corrected chi connectivity index (χ0v) is 8.72. The Morgan fingerprint density at radius 3 is 2.54 bits per heavy atom. The topological polar surface area (TPSA) is 12.5 Å². The monoisotopic (exact) mass is 183 g/mol. The quantitative estimate of drug-likeness (QED) is 0.615. The van der Waals surface area contributed by atoms with E-state index in [1.165, 1.54) is 45.3 Å². The van der Waals surface area contributed by atoms with Gasteiger partial charge in [-0.25, -0.2) is 0 Å². The Bertz CT molecular complexity index is 153. The van der Waals surface area contributed by atoms with Gasteiger partial charge >= 0.3 is 0 Å². The van der Waals surface area contributed by atoms with Crippen LogP contribution in [-0.4, -0.2) is 37.7 Å². The van der Waals surface area contributed by atoms with Gasteiger partial charge in [-0.2, -0.15) is 0 Å². The summed E-state index contributed by atoms with van der Waals surface area (Å²) in [4.78, 5) is 2.56.